The molecular formula is C13H27N3O2. The van der Waals surface area contributed by atoms with Crippen LogP contribution in [0.5, 0.6) is 0 Å². The summed E-state index contributed by atoms with van der Waals surface area (Å²) in [5.74, 6) is 0.0514. The number of hydrogen-bond donors (Lipinski definition) is 1. The van der Waals surface area contributed by atoms with Gasteiger partial charge < -0.3 is 9.80 Å². The maximum absolute atomic E-state index is 12.0. The number of carbonyl (C=O) groups is 2. The van der Waals surface area contributed by atoms with Crippen molar-refractivity contribution in [3.05, 3.63) is 0 Å². The Balaban J connectivity index is 4.42. The van der Waals surface area contributed by atoms with Crippen LogP contribution in [0, 0.1) is 0 Å². The molecule has 5 nitrogen and oxygen atoms in total. The maximum Gasteiger partial charge on any atom is 0.239 e. The lowest BCUT2D eigenvalue weighted by Crippen LogP contribution is -2.52. The molecule has 2 amide bonds. The van der Waals surface area contributed by atoms with Gasteiger partial charge in [-0.15, -0.1) is 0 Å². The largest absolute Gasteiger partial charge is 0.345 e. The van der Waals surface area contributed by atoms with E-state index in [1.807, 2.05) is 20.8 Å². The van der Waals surface area contributed by atoms with Gasteiger partial charge in [-0.1, -0.05) is 0 Å². The topological polar surface area (TPSA) is 52.7 Å². The molecular weight excluding hydrogens is 230 g/mol. The summed E-state index contributed by atoms with van der Waals surface area (Å²) in [6, 6.07) is -0.682. The predicted molar refractivity (Wildman–Crippen MR) is 73.3 cm³/mol. The first-order valence-corrected chi connectivity index (χ1v) is 6.68. The Labute approximate surface area is 111 Å². The van der Waals surface area contributed by atoms with Crippen molar-refractivity contribution in [3.63, 3.8) is 0 Å². The average Bonchev–Trinajstić information content (AvgIpc) is 2.37. The zero-order chi connectivity index (χ0) is 14.3. The molecule has 0 aromatic rings. The van der Waals surface area contributed by atoms with E-state index < -0.39 is 0 Å². The van der Waals surface area contributed by atoms with Crippen LogP contribution in [-0.2, 0) is 9.59 Å². The fourth-order valence-electron chi connectivity index (χ4n) is 1.81. The quantitative estimate of drug-likeness (QED) is 0.730. The Kier molecular flexibility index (Phi) is 7.59. The van der Waals surface area contributed by atoms with Crippen molar-refractivity contribution >= 4 is 11.8 Å². The minimum atomic E-state index is -0.343. The molecule has 0 aromatic carbocycles. The lowest BCUT2D eigenvalue weighted by Gasteiger charge is -2.27. The molecule has 0 aliphatic heterocycles. The van der Waals surface area contributed by atoms with Gasteiger partial charge in [-0.25, -0.2) is 0 Å². The highest BCUT2D eigenvalue weighted by atomic mass is 16.2. The number of carbonyl (C=O) groups excluding carboxylic acids is 2. The van der Waals surface area contributed by atoms with Gasteiger partial charge in [-0.05, 0) is 34.6 Å². The van der Waals surface area contributed by atoms with Crippen LogP contribution in [-0.4, -0.2) is 60.4 Å². The molecule has 0 aromatic heterocycles. The average molecular weight is 257 g/mol. The second-order valence-corrected chi connectivity index (χ2v) is 4.47. The van der Waals surface area contributed by atoms with Crippen molar-refractivity contribution in [3.8, 4) is 0 Å². The third kappa shape index (κ3) is 4.64. The fourth-order valence-corrected chi connectivity index (χ4v) is 1.81. The summed E-state index contributed by atoms with van der Waals surface area (Å²) in [5, 5.41) is 3.06. The van der Waals surface area contributed by atoms with E-state index in [1.54, 1.807) is 30.7 Å². The highest BCUT2D eigenvalue weighted by Crippen LogP contribution is 1.98. The number of nitrogens with zero attached hydrogens (tertiary/aromatic N) is 2. The molecule has 2 unspecified atom stereocenters. The first-order valence-electron chi connectivity index (χ1n) is 6.68. The van der Waals surface area contributed by atoms with E-state index in [9.17, 15) is 9.59 Å². The highest BCUT2D eigenvalue weighted by Gasteiger charge is 2.23. The third-order valence-corrected chi connectivity index (χ3v) is 3.17. The van der Waals surface area contributed by atoms with Gasteiger partial charge in [-0.3, -0.25) is 14.9 Å². The van der Waals surface area contributed by atoms with Crippen molar-refractivity contribution in [2.75, 3.05) is 26.7 Å². The summed E-state index contributed by atoms with van der Waals surface area (Å²) in [6.07, 6.45) is 0. The lowest BCUT2D eigenvalue weighted by molar-refractivity contribution is -0.134. The van der Waals surface area contributed by atoms with Crippen molar-refractivity contribution in [1.29, 1.82) is 0 Å². The summed E-state index contributed by atoms with van der Waals surface area (Å²) < 4.78 is 0. The second kappa shape index (κ2) is 8.08. The van der Waals surface area contributed by atoms with Crippen molar-refractivity contribution in [2.24, 2.45) is 0 Å². The molecule has 5 heteroatoms. The van der Waals surface area contributed by atoms with Crippen LogP contribution in [0.2, 0.25) is 0 Å². The van der Waals surface area contributed by atoms with Gasteiger partial charge in [0.15, 0.2) is 0 Å². The SMILES string of the molecule is CCN(C)C(=O)C(C)NC(C)C(=O)N(CC)CC. The van der Waals surface area contributed by atoms with Gasteiger partial charge in [0, 0.05) is 26.7 Å². The lowest BCUT2D eigenvalue weighted by atomic mass is 10.2. The van der Waals surface area contributed by atoms with Crippen LogP contribution >= 0.6 is 0 Å². The number of hydrogen-bond acceptors (Lipinski definition) is 3. The summed E-state index contributed by atoms with van der Waals surface area (Å²) in [5.41, 5.74) is 0. The van der Waals surface area contributed by atoms with E-state index in [0.29, 0.717) is 19.6 Å². The Hall–Kier alpha value is -1.10. The zero-order valence-electron chi connectivity index (χ0n) is 12.5. The third-order valence-electron chi connectivity index (χ3n) is 3.17. The molecule has 18 heavy (non-hydrogen) atoms. The van der Waals surface area contributed by atoms with Crippen LogP contribution in [0.15, 0.2) is 0 Å². The summed E-state index contributed by atoms with van der Waals surface area (Å²) in [6.45, 7) is 11.5. The van der Waals surface area contributed by atoms with Crippen LogP contribution in [0.25, 0.3) is 0 Å². The van der Waals surface area contributed by atoms with Crippen molar-refractivity contribution in [1.82, 2.24) is 15.1 Å². The monoisotopic (exact) mass is 257 g/mol. The number of amides is 2. The van der Waals surface area contributed by atoms with E-state index in [0.717, 1.165) is 0 Å². The van der Waals surface area contributed by atoms with Crippen molar-refractivity contribution in [2.45, 2.75) is 46.7 Å². The summed E-state index contributed by atoms with van der Waals surface area (Å²) in [4.78, 5) is 27.3. The summed E-state index contributed by atoms with van der Waals surface area (Å²) in [7, 11) is 1.76. The standard InChI is InChI=1S/C13H27N3O2/c1-7-15(6)12(17)10(4)14-11(5)13(18)16(8-2)9-3/h10-11,14H,7-9H2,1-6H3. The number of nitrogens with one attached hydrogen (secondary N) is 1. The molecule has 0 heterocycles. The first-order chi connectivity index (χ1) is 8.38. The molecule has 0 aliphatic rings. The van der Waals surface area contributed by atoms with Gasteiger partial charge in [0.05, 0.1) is 12.1 Å². The molecule has 0 saturated carbocycles. The minimum Gasteiger partial charge on any atom is -0.345 e. The van der Waals surface area contributed by atoms with Gasteiger partial charge in [0.1, 0.15) is 0 Å². The van der Waals surface area contributed by atoms with E-state index in [2.05, 4.69) is 5.32 Å². The van der Waals surface area contributed by atoms with Gasteiger partial charge in [0.25, 0.3) is 0 Å². The highest BCUT2D eigenvalue weighted by molar-refractivity contribution is 5.84. The molecule has 0 fully saturated rings. The van der Waals surface area contributed by atoms with Gasteiger partial charge >= 0.3 is 0 Å². The zero-order valence-corrected chi connectivity index (χ0v) is 12.5. The van der Waals surface area contributed by atoms with Gasteiger partial charge in [-0.2, -0.15) is 0 Å². The molecule has 0 aliphatic carbocycles. The Morgan fingerprint density at radius 2 is 1.39 bits per heavy atom. The van der Waals surface area contributed by atoms with Crippen LogP contribution in [0.4, 0.5) is 0 Å². The number of likely N-dealkylation sites (N-methyl/N-ethyl adjacent to an activating group) is 2. The van der Waals surface area contributed by atoms with E-state index in [1.165, 1.54) is 0 Å². The van der Waals surface area contributed by atoms with E-state index in [-0.39, 0.29) is 23.9 Å². The van der Waals surface area contributed by atoms with Crippen LogP contribution < -0.4 is 5.32 Å². The minimum absolute atomic E-state index is 0.0108. The Morgan fingerprint density at radius 1 is 0.944 bits per heavy atom. The smallest absolute Gasteiger partial charge is 0.239 e. The van der Waals surface area contributed by atoms with E-state index in [4.69, 9.17) is 0 Å². The Bertz CT molecular complexity index is 277. The second-order valence-electron chi connectivity index (χ2n) is 4.47. The molecule has 0 rings (SSSR count). The Morgan fingerprint density at radius 3 is 1.78 bits per heavy atom. The van der Waals surface area contributed by atoms with Crippen molar-refractivity contribution < 1.29 is 9.59 Å². The summed E-state index contributed by atoms with van der Waals surface area (Å²) >= 11 is 0. The maximum atomic E-state index is 12.0. The molecule has 0 bridgehead atoms. The van der Waals surface area contributed by atoms with E-state index >= 15 is 0 Å². The molecule has 0 saturated heterocycles. The van der Waals surface area contributed by atoms with Crippen LogP contribution in [0.1, 0.15) is 34.6 Å². The first kappa shape index (κ1) is 16.9. The predicted octanol–water partition coefficient (Wildman–Crippen LogP) is 0.700. The molecule has 2 atom stereocenters. The number of rotatable bonds is 7. The fraction of sp³-hybridized carbons (Fsp3) is 0.846. The molecule has 106 valence electrons. The molecule has 1 N–H and O–H groups in total. The van der Waals surface area contributed by atoms with Crippen LogP contribution in [0.3, 0.4) is 0 Å². The molecule has 0 spiro atoms. The van der Waals surface area contributed by atoms with Gasteiger partial charge in [0.2, 0.25) is 11.8 Å². The normalized spacial score (nSPS) is 13.9. The molecule has 0 radical (unpaired) electrons.